The molecule has 0 saturated carbocycles. The van der Waals surface area contributed by atoms with E-state index in [4.69, 9.17) is 5.73 Å². The summed E-state index contributed by atoms with van der Waals surface area (Å²) in [6, 6.07) is 0.330. The first-order chi connectivity index (χ1) is 5.13. The summed E-state index contributed by atoms with van der Waals surface area (Å²) in [7, 11) is 0. The van der Waals surface area contributed by atoms with Gasteiger partial charge in [-0.1, -0.05) is 41.5 Å². The van der Waals surface area contributed by atoms with Crippen molar-refractivity contribution in [1.82, 2.24) is 0 Å². The van der Waals surface area contributed by atoms with Gasteiger partial charge in [0.25, 0.3) is 0 Å². The fraction of sp³-hybridized carbons (Fsp3) is 1.00. The average Bonchev–Trinajstić information content (AvgIpc) is 1.78. The van der Waals surface area contributed by atoms with E-state index in [1.54, 1.807) is 0 Å². The van der Waals surface area contributed by atoms with Gasteiger partial charge in [0, 0.05) is 6.04 Å². The van der Waals surface area contributed by atoms with E-state index in [1.807, 2.05) is 0 Å². The Balaban J connectivity index is 3.80. The van der Waals surface area contributed by atoms with Crippen molar-refractivity contribution in [3.05, 3.63) is 0 Å². The van der Waals surface area contributed by atoms with Gasteiger partial charge in [0.1, 0.15) is 0 Å². The second-order valence-corrected chi connectivity index (χ2v) is 6.07. The van der Waals surface area contributed by atoms with Crippen LogP contribution in [0.2, 0.25) is 0 Å². The summed E-state index contributed by atoms with van der Waals surface area (Å²) >= 11 is 0. The summed E-state index contributed by atoms with van der Waals surface area (Å²) in [6.07, 6.45) is 2.35. The normalized spacial score (nSPS) is 16.2. The monoisotopic (exact) mass is 171 g/mol. The van der Waals surface area contributed by atoms with E-state index < -0.39 is 0 Å². The molecule has 0 aromatic carbocycles. The lowest BCUT2D eigenvalue weighted by atomic mass is 9.80. The molecule has 0 fully saturated rings. The van der Waals surface area contributed by atoms with E-state index in [-0.39, 0.29) is 5.41 Å². The highest BCUT2D eigenvalue weighted by molar-refractivity contribution is 4.78. The fourth-order valence-corrected chi connectivity index (χ4v) is 1.02. The van der Waals surface area contributed by atoms with E-state index in [1.165, 1.54) is 6.42 Å². The van der Waals surface area contributed by atoms with E-state index in [2.05, 4.69) is 41.5 Å². The van der Waals surface area contributed by atoms with Crippen LogP contribution >= 0.6 is 0 Å². The number of nitrogens with two attached hydrogens (primary N) is 1. The molecule has 0 rings (SSSR count). The predicted molar refractivity (Wildman–Crippen MR) is 56.1 cm³/mol. The Bertz CT molecular complexity index is 125. The summed E-state index contributed by atoms with van der Waals surface area (Å²) in [6.45, 7) is 13.4. The molecule has 0 aromatic rings. The summed E-state index contributed by atoms with van der Waals surface area (Å²) in [4.78, 5) is 0. The van der Waals surface area contributed by atoms with Crippen molar-refractivity contribution in [2.45, 2.75) is 60.4 Å². The highest BCUT2D eigenvalue weighted by Gasteiger charge is 2.22. The maximum atomic E-state index is 6.06. The number of hydrogen-bond donors (Lipinski definition) is 1. The highest BCUT2D eigenvalue weighted by Crippen LogP contribution is 2.27. The summed E-state index contributed by atoms with van der Waals surface area (Å²) in [5.41, 5.74) is 6.73. The molecule has 0 aromatic heterocycles. The van der Waals surface area contributed by atoms with Crippen molar-refractivity contribution < 1.29 is 0 Å². The van der Waals surface area contributed by atoms with Gasteiger partial charge in [0.2, 0.25) is 0 Å². The Morgan fingerprint density at radius 3 is 1.67 bits per heavy atom. The fourth-order valence-electron chi connectivity index (χ4n) is 1.02. The SMILES string of the molecule is CC(C)(C)CC[C@H](N)C(C)(C)C. The van der Waals surface area contributed by atoms with Crippen LogP contribution in [0.5, 0.6) is 0 Å². The molecule has 0 radical (unpaired) electrons. The van der Waals surface area contributed by atoms with Gasteiger partial charge in [0.15, 0.2) is 0 Å². The van der Waals surface area contributed by atoms with Crippen LogP contribution in [-0.2, 0) is 0 Å². The zero-order valence-electron chi connectivity index (χ0n) is 9.57. The Morgan fingerprint density at radius 2 is 1.42 bits per heavy atom. The molecule has 0 saturated heterocycles. The van der Waals surface area contributed by atoms with Crippen LogP contribution in [0.1, 0.15) is 54.4 Å². The first-order valence-corrected chi connectivity index (χ1v) is 4.88. The van der Waals surface area contributed by atoms with Crippen molar-refractivity contribution in [3.8, 4) is 0 Å². The lowest BCUT2D eigenvalue weighted by molar-refractivity contribution is 0.261. The molecule has 1 heteroatoms. The minimum atomic E-state index is 0.255. The molecular formula is C11H25N. The molecule has 12 heavy (non-hydrogen) atoms. The minimum absolute atomic E-state index is 0.255. The largest absolute Gasteiger partial charge is 0.327 e. The average molecular weight is 171 g/mol. The second kappa shape index (κ2) is 3.78. The van der Waals surface area contributed by atoms with Crippen LogP contribution in [0, 0.1) is 10.8 Å². The van der Waals surface area contributed by atoms with Gasteiger partial charge < -0.3 is 5.73 Å². The molecule has 1 atom stereocenters. The van der Waals surface area contributed by atoms with E-state index in [9.17, 15) is 0 Å². The Morgan fingerprint density at radius 1 is 1.00 bits per heavy atom. The van der Waals surface area contributed by atoms with Gasteiger partial charge in [-0.3, -0.25) is 0 Å². The zero-order chi connectivity index (χ0) is 9.99. The highest BCUT2D eigenvalue weighted by atomic mass is 14.7. The predicted octanol–water partition coefficient (Wildman–Crippen LogP) is 3.19. The topological polar surface area (TPSA) is 26.0 Å². The second-order valence-electron chi connectivity index (χ2n) is 6.07. The maximum Gasteiger partial charge on any atom is 0.00878 e. The molecule has 0 aliphatic heterocycles. The van der Waals surface area contributed by atoms with Crippen LogP contribution in [-0.4, -0.2) is 6.04 Å². The molecule has 0 spiro atoms. The first-order valence-electron chi connectivity index (χ1n) is 4.88. The lowest BCUT2D eigenvalue weighted by Gasteiger charge is -2.29. The molecule has 0 bridgehead atoms. The van der Waals surface area contributed by atoms with Gasteiger partial charge in [-0.2, -0.15) is 0 Å². The van der Waals surface area contributed by atoms with E-state index >= 15 is 0 Å². The smallest absolute Gasteiger partial charge is 0.00878 e. The third kappa shape index (κ3) is 5.59. The molecule has 0 aliphatic carbocycles. The third-order valence-corrected chi connectivity index (χ3v) is 2.32. The van der Waals surface area contributed by atoms with Crippen LogP contribution in [0.4, 0.5) is 0 Å². The molecule has 0 heterocycles. The number of rotatable bonds is 2. The zero-order valence-corrected chi connectivity index (χ0v) is 9.57. The van der Waals surface area contributed by atoms with Crippen molar-refractivity contribution >= 4 is 0 Å². The Hall–Kier alpha value is -0.0400. The molecular weight excluding hydrogens is 146 g/mol. The van der Waals surface area contributed by atoms with Gasteiger partial charge >= 0.3 is 0 Å². The summed E-state index contributed by atoms with van der Waals surface area (Å²) < 4.78 is 0. The molecule has 0 unspecified atom stereocenters. The summed E-state index contributed by atoms with van der Waals surface area (Å²) in [5.74, 6) is 0. The van der Waals surface area contributed by atoms with Gasteiger partial charge in [-0.15, -0.1) is 0 Å². The number of hydrogen-bond acceptors (Lipinski definition) is 1. The van der Waals surface area contributed by atoms with Gasteiger partial charge in [-0.05, 0) is 23.7 Å². The van der Waals surface area contributed by atoms with Crippen LogP contribution in [0.3, 0.4) is 0 Å². The van der Waals surface area contributed by atoms with Crippen molar-refractivity contribution in [3.63, 3.8) is 0 Å². The van der Waals surface area contributed by atoms with E-state index in [0.29, 0.717) is 11.5 Å². The lowest BCUT2D eigenvalue weighted by Crippen LogP contribution is -2.35. The molecule has 0 amide bonds. The Labute approximate surface area is 77.7 Å². The van der Waals surface area contributed by atoms with E-state index in [0.717, 1.165) is 6.42 Å². The van der Waals surface area contributed by atoms with Gasteiger partial charge in [0.05, 0.1) is 0 Å². The van der Waals surface area contributed by atoms with Gasteiger partial charge in [-0.25, -0.2) is 0 Å². The molecule has 0 aliphatic rings. The quantitative estimate of drug-likeness (QED) is 0.678. The van der Waals surface area contributed by atoms with Crippen LogP contribution < -0.4 is 5.73 Å². The van der Waals surface area contributed by atoms with Crippen molar-refractivity contribution in [1.29, 1.82) is 0 Å². The van der Waals surface area contributed by atoms with Crippen LogP contribution in [0.15, 0.2) is 0 Å². The first kappa shape index (κ1) is 12.0. The molecule has 1 nitrogen and oxygen atoms in total. The molecule has 74 valence electrons. The molecule has 2 N–H and O–H groups in total. The minimum Gasteiger partial charge on any atom is -0.327 e. The van der Waals surface area contributed by atoms with Crippen molar-refractivity contribution in [2.24, 2.45) is 16.6 Å². The maximum absolute atomic E-state index is 6.06. The standard InChI is InChI=1S/C11H25N/c1-10(2,3)8-7-9(12)11(4,5)6/h9H,7-8,12H2,1-6H3/t9-/m0/s1. The summed E-state index contributed by atoms with van der Waals surface area (Å²) in [5, 5.41) is 0. The van der Waals surface area contributed by atoms with Crippen molar-refractivity contribution in [2.75, 3.05) is 0 Å². The van der Waals surface area contributed by atoms with Crippen LogP contribution in [0.25, 0.3) is 0 Å². The Kier molecular flexibility index (Phi) is 3.77. The third-order valence-electron chi connectivity index (χ3n) is 2.32.